The van der Waals surface area contributed by atoms with Crippen molar-refractivity contribution in [2.75, 3.05) is 19.5 Å². The summed E-state index contributed by atoms with van der Waals surface area (Å²) in [5.41, 5.74) is 1.39. The summed E-state index contributed by atoms with van der Waals surface area (Å²) in [6.07, 6.45) is 1.56. The van der Waals surface area contributed by atoms with E-state index < -0.39 is 10.8 Å². The maximum atomic E-state index is 12.6. The summed E-state index contributed by atoms with van der Waals surface area (Å²) in [6.45, 7) is 1.95. The Bertz CT molecular complexity index is 1060. The van der Waals surface area contributed by atoms with E-state index >= 15 is 0 Å². The molecule has 0 unspecified atom stereocenters. The summed E-state index contributed by atoms with van der Waals surface area (Å²) in [6, 6.07) is 11.5. The fraction of sp³-hybridized carbons (Fsp3) is 0.200. The number of hydrogen-bond donors (Lipinski definition) is 1. The Balaban J connectivity index is 1.84. The van der Waals surface area contributed by atoms with Gasteiger partial charge in [0.15, 0.2) is 11.5 Å². The van der Waals surface area contributed by atoms with E-state index in [1.165, 1.54) is 6.07 Å². The zero-order valence-electron chi connectivity index (χ0n) is 16.2. The number of para-hydroxylation sites is 1. The molecule has 3 aromatic rings. The van der Waals surface area contributed by atoms with E-state index in [-0.39, 0.29) is 11.3 Å². The average molecular weight is 396 g/mol. The molecule has 0 spiro atoms. The first-order valence-corrected chi connectivity index (χ1v) is 8.72. The van der Waals surface area contributed by atoms with Gasteiger partial charge in [0.2, 0.25) is 0 Å². The SMILES string of the molecule is COc1cccc(Cn2nccc2NC(=O)c2ccc(C)c([N+](=O)[O-])c2)c1OC. The van der Waals surface area contributed by atoms with Crippen molar-refractivity contribution in [2.24, 2.45) is 0 Å². The number of nitrogens with one attached hydrogen (secondary N) is 1. The molecule has 0 atom stereocenters. The van der Waals surface area contributed by atoms with E-state index in [0.717, 1.165) is 5.56 Å². The van der Waals surface area contributed by atoms with Crippen molar-refractivity contribution in [1.82, 2.24) is 9.78 Å². The molecule has 0 saturated carbocycles. The number of methoxy groups -OCH3 is 2. The number of anilines is 1. The number of aryl methyl sites for hydroxylation is 1. The molecule has 0 aliphatic carbocycles. The molecular weight excluding hydrogens is 376 g/mol. The number of aromatic nitrogens is 2. The van der Waals surface area contributed by atoms with Crippen LogP contribution in [0.15, 0.2) is 48.7 Å². The number of carbonyl (C=O) groups is 1. The smallest absolute Gasteiger partial charge is 0.273 e. The summed E-state index contributed by atoms with van der Waals surface area (Å²) >= 11 is 0. The Hall–Kier alpha value is -3.88. The Labute approximate surface area is 167 Å². The highest BCUT2D eigenvalue weighted by Crippen LogP contribution is 2.31. The highest BCUT2D eigenvalue weighted by atomic mass is 16.6. The minimum absolute atomic E-state index is 0.104. The van der Waals surface area contributed by atoms with Crippen molar-refractivity contribution in [3.8, 4) is 11.5 Å². The first-order chi connectivity index (χ1) is 13.9. The highest BCUT2D eigenvalue weighted by molar-refractivity contribution is 6.04. The molecule has 9 nitrogen and oxygen atoms in total. The van der Waals surface area contributed by atoms with E-state index in [2.05, 4.69) is 10.4 Å². The van der Waals surface area contributed by atoms with Crippen LogP contribution in [0.2, 0.25) is 0 Å². The molecule has 2 aromatic carbocycles. The van der Waals surface area contributed by atoms with Gasteiger partial charge in [-0.2, -0.15) is 5.10 Å². The quantitative estimate of drug-likeness (QED) is 0.484. The molecule has 0 aliphatic heterocycles. The predicted molar refractivity (Wildman–Crippen MR) is 107 cm³/mol. The van der Waals surface area contributed by atoms with Crippen molar-refractivity contribution < 1.29 is 19.2 Å². The number of hydrogen-bond acceptors (Lipinski definition) is 6. The molecule has 1 aromatic heterocycles. The summed E-state index contributed by atoms with van der Waals surface area (Å²) in [5, 5.41) is 18.1. The van der Waals surface area contributed by atoms with Gasteiger partial charge in [-0.1, -0.05) is 18.2 Å². The minimum atomic E-state index is -0.509. The molecule has 1 amide bonds. The number of carbonyl (C=O) groups excluding carboxylic acids is 1. The van der Waals surface area contributed by atoms with Gasteiger partial charge in [0.25, 0.3) is 11.6 Å². The van der Waals surface area contributed by atoms with Gasteiger partial charge < -0.3 is 14.8 Å². The molecule has 9 heteroatoms. The van der Waals surface area contributed by atoms with Crippen molar-refractivity contribution in [2.45, 2.75) is 13.5 Å². The van der Waals surface area contributed by atoms with Crippen LogP contribution in [0.3, 0.4) is 0 Å². The zero-order chi connectivity index (χ0) is 21.0. The van der Waals surface area contributed by atoms with Crippen LogP contribution in [0.1, 0.15) is 21.5 Å². The third kappa shape index (κ3) is 4.18. The van der Waals surface area contributed by atoms with E-state index in [4.69, 9.17) is 9.47 Å². The maximum absolute atomic E-state index is 12.6. The summed E-state index contributed by atoms with van der Waals surface area (Å²) in [4.78, 5) is 23.2. The molecule has 0 bridgehead atoms. The minimum Gasteiger partial charge on any atom is -0.493 e. The standard InChI is InChI=1S/C20H20N4O5/c1-13-7-8-14(11-16(13)24(26)27)20(25)22-18-9-10-21-23(18)12-15-5-4-6-17(28-2)19(15)29-3/h4-11H,12H2,1-3H3,(H,22,25). The van der Waals surface area contributed by atoms with Gasteiger partial charge in [-0.05, 0) is 19.1 Å². The van der Waals surface area contributed by atoms with Crippen LogP contribution in [-0.4, -0.2) is 34.8 Å². The molecule has 150 valence electrons. The van der Waals surface area contributed by atoms with Gasteiger partial charge >= 0.3 is 0 Å². The largest absolute Gasteiger partial charge is 0.493 e. The van der Waals surface area contributed by atoms with Crippen molar-refractivity contribution in [1.29, 1.82) is 0 Å². The normalized spacial score (nSPS) is 10.4. The van der Waals surface area contributed by atoms with Crippen LogP contribution in [0, 0.1) is 17.0 Å². The molecular formula is C20H20N4O5. The molecule has 0 saturated heterocycles. The van der Waals surface area contributed by atoms with Crippen molar-refractivity contribution >= 4 is 17.4 Å². The van der Waals surface area contributed by atoms with Gasteiger partial charge in [-0.3, -0.25) is 14.9 Å². The molecule has 1 N–H and O–H groups in total. The first kappa shape index (κ1) is 19.9. The van der Waals surface area contributed by atoms with Gasteiger partial charge in [-0.15, -0.1) is 0 Å². The van der Waals surface area contributed by atoms with E-state index in [9.17, 15) is 14.9 Å². The molecule has 29 heavy (non-hydrogen) atoms. The Kier molecular flexibility index (Phi) is 5.77. The van der Waals surface area contributed by atoms with Crippen LogP contribution in [0.25, 0.3) is 0 Å². The van der Waals surface area contributed by atoms with Gasteiger partial charge in [0, 0.05) is 28.8 Å². The maximum Gasteiger partial charge on any atom is 0.273 e. The fourth-order valence-electron chi connectivity index (χ4n) is 2.94. The lowest BCUT2D eigenvalue weighted by Crippen LogP contribution is -2.16. The highest BCUT2D eigenvalue weighted by Gasteiger charge is 2.17. The molecule has 3 rings (SSSR count). The fourth-order valence-corrected chi connectivity index (χ4v) is 2.94. The lowest BCUT2D eigenvalue weighted by molar-refractivity contribution is -0.385. The number of amides is 1. The number of ether oxygens (including phenoxy) is 2. The number of nitro benzene ring substituents is 1. The lowest BCUT2D eigenvalue weighted by Gasteiger charge is -2.14. The Morgan fingerprint density at radius 2 is 2.00 bits per heavy atom. The monoisotopic (exact) mass is 396 g/mol. The second kappa shape index (κ2) is 8.42. The Morgan fingerprint density at radius 3 is 2.69 bits per heavy atom. The van der Waals surface area contributed by atoms with Gasteiger partial charge in [-0.25, -0.2) is 4.68 Å². The number of nitrogens with zero attached hydrogens (tertiary/aromatic N) is 3. The number of nitro groups is 1. The Morgan fingerprint density at radius 1 is 1.21 bits per heavy atom. The van der Waals surface area contributed by atoms with E-state index in [0.29, 0.717) is 29.4 Å². The zero-order valence-corrected chi connectivity index (χ0v) is 16.2. The van der Waals surface area contributed by atoms with Gasteiger partial charge in [0.05, 0.1) is 31.9 Å². The summed E-state index contributed by atoms with van der Waals surface area (Å²) < 4.78 is 12.3. The van der Waals surface area contributed by atoms with Crippen LogP contribution in [0.5, 0.6) is 11.5 Å². The van der Waals surface area contributed by atoms with E-state index in [1.807, 2.05) is 12.1 Å². The number of benzene rings is 2. The summed E-state index contributed by atoms with van der Waals surface area (Å²) in [7, 11) is 3.11. The average Bonchev–Trinajstić information content (AvgIpc) is 3.14. The van der Waals surface area contributed by atoms with Crippen LogP contribution in [0.4, 0.5) is 11.5 Å². The van der Waals surface area contributed by atoms with E-state index in [1.54, 1.807) is 56.3 Å². The van der Waals surface area contributed by atoms with Crippen molar-refractivity contribution in [3.63, 3.8) is 0 Å². The molecule has 0 aliphatic rings. The topological polar surface area (TPSA) is 109 Å². The molecule has 0 fully saturated rings. The predicted octanol–water partition coefficient (Wildman–Crippen LogP) is 3.42. The third-order valence-corrected chi connectivity index (χ3v) is 4.43. The van der Waals surface area contributed by atoms with Crippen LogP contribution in [-0.2, 0) is 6.54 Å². The van der Waals surface area contributed by atoms with Gasteiger partial charge in [0.1, 0.15) is 5.82 Å². The van der Waals surface area contributed by atoms with Crippen LogP contribution < -0.4 is 14.8 Å². The van der Waals surface area contributed by atoms with Crippen LogP contribution >= 0.6 is 0 Å². The molecule has 0 radical (unpaired) electrons. The molecule has 1 heterocycles. The second-order valence-corrected chi connectivity index (χ2v) is 6.24. The lowest BCUT2D eigenvalue weighted by atomic mass is 10.1. The number of rotatable bonds is 7. The second-order valence-electron chi connectivity index (χ2n) is 6.24. The first-order valence-electron chi connectivity index (χ1n) is 8.72. The van der Waals surface area contributed by atoms with Crippen molar-refractivity contribution in [3.05, 3.63) is 75.5 Å². The summed E-state index contributed by atoms with van der Waals surface area (Å²) in [5.74, 6) is 1.15. The third-order valence-electron chi connectivity index (χ3n) is 4.43.